The first-order valence-electron chi connectivity index (χ1n) is 14.3. The molecule has 0 N–H and O–H groups in total. The van der Waals surface area contributed by atoms with Gasteiger partial charge in [0.15, 0.2) is 0 Å². The average molecular weight is 586 g/mol. The minimum absolute atomic E-state index is 0.0436. The van der Waals surface area contributed by atoms with E-state index in [1.165, 1.54) is 18.2 Å². The van der Waals surface area contributed by atoms with Gasteiger partial charge in [-0.3, -0.25) is 4.79 Å². The largest absolute Gasteiger partial charge is 0.416 e. The fourth-order valence-electron chi connectivity index (χ4n) is 5.96. The van der Waals surface area contributed by atoms with E-state index >= 15 is 0 Å². The normalized spacial score (nSPS) is 14.7. The molecule has 0 spiro atoms. The zero-order chi connectivity index (χ0) is 30.0. The molecule has 4 aromatic carbocycles. The van der Waals surface area contributed by atoms with Crippen LogP contribution in [0.5, 0.6) is 0 Å². The van der Waals surface area contributed by atoms with E-state index in [4.69, 9.17) is 0 Å². The smallest absolute Gasteiger partial charge is 0.368 e. The fourth-order valence-corrected chi connectivity index (χ4v) is 5.96. The third-order valence-electron chi connectivity index (χ3n) is 8.21. The molecule has 6 rings (SSSR count). The van der Waals surface area contributed by atoms with Gasteiger partial charge in [0.2, 0.25) is 5.91 Å². The maximum Gasteiger partial charge on any atom is 0.416 e. The first kappa shape index (κ1) is 28.5. The van der Waals surface area contributed by atoms with Crippen LogP contribution in [-0.2, 0) is 17.5 Å². The van der Waals surface area contributed by atoms with Gasteiger partial charge in [-0.2, -0.15) is 13.2 Å². The molecule has 1 aliphatic rings. The number of benzene rings is 4. The van der Waals surface area contributed by atoms with E-state index in [9.17, 15) is 22.4 Å². The highest BCUT2D eigenvalue weighted by Crippen LogP contribution is 2.36. The maximum absolute atomic E-state index is 13.9. The summed E-state index contributed by atoms with van der Waals surface area (Å²) in [6.07, 6.45) is -2.12. The van der Waals surface area contributed by atoms with Crippen molar-refractivity contribution in [3.8, 4) is 0 Å². The second kappa shape index (κ2) is 12.0. The van der Waals surface area contributed by atoms with E-state index in [2.05, 4.69) is 35.0 Å². The molecular formula is C35H31F4N3O. The maximum atomic E-state index is 13.9. The number of carbonyl (C=O) groups is 1. The Bertz CT molecular complexity index is 1710. The SMILES string of the molecule is O=C(CC(c1ccc(F)cc1)c1cn(Cc2ccccc2)c2ccccc12)N1CCN(c2cccc(C(F)(F)F)c2)CC1. The lowest BCUT2D eigenvalue weighted by atomic mass is 9.87. The number of piperazine rings is 1. The van der Waals surface area contributed by atoms with Gasteiger partial charge in [-0.25, -0.2) is 4.39 Å². The van der Waals surface area contributed by atoms with Crippen LogP contribution in [-0.4, -0.2) is 41.6 Å². The van der Waals surface area contributed by atoms with E-state index < -0.39 is 11.7 Å². The second-order valence-corrected chi connectivity index (χ2v) is 10.9. The quantitative estimate of drug-likeness (QED) is 0.183. The predicted molar refractivity (Wildman–Crippen MR) is 161 cm³/mol. The summed E-state index contributed by atoms with van der Waals surface area (Å²) >= 11 is 0. The summed E-state index contributed by atoms with van der Waals surface area (Å²) in [5.41, 5.74) is 3.86. The number of fused-ring (bicyclic) bond motifs is 1. The summed E-state index contributed by atoms with van der Waals surface area (Å²) in [6.45, 7) is 2.35. The topological polar surface area (TPSA) is 28.5 Å². The van der Waals surface area contributed by atoms with E-state index in [-0.39, 0.29) is 24.1 Å². The van der Waals surface area contributed by atoms with Gasteiger partial charge in [0.1, 0.15) is 5.82 Å². The number of hydrogen-bond donors (Lipinski definition) is 0. The summed E-state index contributed by atoms with van der Waals surface area (Å²) < 4.78 is 55.8. The molecule has 1 amide bonds. The van der Waals surface area contributed by atoms with Gasteiger partial charge in [-0.1, -0.05) is 66.7 Å². The molecule has 0 bridgehead atoms. The Morgan fingerprint density at radius 3 is 2.21 bits per heavy atom. The third-order valence-corrected chi connectivity index (χ3v) is 8.21. The number of rotatable bonds is 7. The zero-order valence-electron chi connectivity index (χ0n) is 23.5. The van der Waals surface area contributed by atoms with Gasteiger partial charge in [0.25, 0.3) is 0 Å². The molecule has 1 fully saturated rings. The van der Waals surface area contributed by atoms with Crippen molar-refractivity contribution in [1.82, 2.24) is 9.47 Å². The van der Waals surface area contributed by atoms with Crippen LogP contribution >= 0.6 is 0 Å². The Morgan fingerprint density at radius 1 is 0.791 bits per heavy atom. The zero-order valence-corrected chi connectivity index (χ0v) is 23.5. The number of alkyl halides is 3. The Labute approximate surface area is 247 Å². The Morgan fingerprint density at radius 2 is 1.49 bits per heavy atom. The first-order chi connectivity index (χ1) is 20.8. The van der Waals surface area contributed by atoms with Crippen molar-refractivity contribution in [1.29, 1.82) is 0 Å². The van der Waals surface area contributed by atoms with Crippen LogP contribution in [0, 0.1) is 5.82 Å². The molecule has 5 aromatic rings. The van der Waals surface area contributed by atoms with E-state index in [0.717, 1.165) is 39.7 Å². The lowest BCUT2D eigenvalue weighted by Crippen LogP contribution is -2.49. The molecule has 1 aromatic heterocycles. The van der Waals surface area contributed by atoms with Crippen LogP contribution in [0.1, 0.15) is 34.6 Å². The molecule has 1 unspecified atom stereocenters. The number of hydrogen-bond acceptors (Lipinski definition) is 2. The van der Waals surface area contributed by atoms with Gasteiger partial charge < -0.3 is 14.4 Å². The van der Waals surface area contributed by atoms with Crippen molar-refractivity contribution >= 4 is 22.5 Å². The van der Waals surface area contributed by atoms with Crippen molar-refractivity contribution in [2.24, 2.45) is 0 Å². The standard InChI is InChI=1S/C35H31F4N3O/c36-28-15-13-26(14-16-28)31(32-24-42(23-25-7-2-1-3-8-25)33-12-5-4-11-30(32)33)22-34(43)41-19-17-40(18-20-41)29-10-6-9-27(21-29)35(37,38)39/h1-16,21,24,31H,17-20,22-23H2. The van der Waals surface area contributed by atoms with Crippen molar-refractivity contribution < 1.29 is 22.4 Å². The number of carbonyl (C=O) groups excluding carboxylic acids is 1. The molecular weight excluding hydrogens is 554 g/mol. The minimum atomic E-state index is -4.41. The number of para-hydroxylation sites is 1. The van der Waals surface area contributed by atoms with Crippen molar-refractivity contribution in [3.63, 3.8) is 0 Å². The van der Waals surface area contributed by atoms with Gasteiger partial charge in [-0.05, 0) is 53.1 Å². The Hall–Kier alpha value is -4.59. The van der Waals surface area contributed by atoms with Gasteiger partial charge in [0, 0.05) is 67.8 Å². The minimum Gasteiger partial charge on any atom is -0.368 e. The summed E-state index contributed by atoms with van der Waals surface area (Å²) in [6, 6.07) is 29.9. The summed E-state index contributed by atoms with van der Waals surface area (Å²) in [4.78, 5) is 17.4. The summed E-state index contributed by atoms with van der Waals surface area (Å²) in [5, 5.41) is 1.04. The highest BCUT2D eigenvalue weighted by atomic mass is 19.4. The molecule has 1 atom stereocenters. The molecule has 8 heteroatoms. The van der Waals surface area contributed by atoms with Crippen LogP contribution in [0.4, 0.5) is 23.2 Å². The van der Waals surface area contributed by atoms with Crippen molar-refractivity contribution in [2.75, 3.05) is 31.1 Å². The number of amides is 1. The summed E-state index contributed by atoms with van der Waals surface area (Å²) in [5.74, 6) is -0.694. The van der Waals surface area contributed by atoms with Crippen LogP contribution < -0.4 is 4.90 Å². The Kier molecular flexibility index (Phi) is 7.93. The highest BCUT2D eigenvalue weighted by molar-refractivity contribution is 5.87. The van der Waals surface area contributed by atoms with Crippen molar-refractivity contribution in [2.45, 2.75) is 25.1 Å². The molecule has 1 aliphatic heterocycles. The second-order valence-electron chi connectivity index (χ2n) is 10.9. The van der Waals surface area contributed by atoms with Gasteiger partial charge in [-0.15, -0.1) is 0 Å². The molecule has 1 saturated heterocycles. The van der Waals surface area contributed by atoms with Crippen LogP contribution in [0.15, 0.2) is 109 Å². The lowest BCUT2D eigenvalue weighted by Gasteiger charge is -2.37. The molecule has 2 heterocycles. The van der Waals surface area contributed by atoms with E-state index in [1.807, 2.05) is 35.2 Å². The first-order valence-corrected chi connectivity index (χ1v) is 14.3. The molecule has 43 heavy (non-hydrogen) atoms. The molecule has 0 aliphatic carbocycles. The number of nitrogens with zero attached hydrogens (tertiary/aromatic N) is 3. The number of anilines is 1. The molecule has 220 valence electrons. The molecule has 0 saturated carbocycles. The van der Waals surface area contributed by atoms with Crippen LogP contribution in [0.2, 0.25) is 0 Å². The fraction of sp³-hybridized carbons (Fsp3) is 0.229. The number of halogens is 4. The van der Waals surface area contributed by atoms with Crippen molar-refractivity contribution in [3.05, 3.63) is 137 Å². The average Bonchev–Trinajstić information content (AvgIpc) is 3.38. The van der Waals surface area contributed by atoms with Crippen LogP contribution in [0.3, 0.4) is 0 Å². The molecule has 4 nitrogen and oxygen atoms in total. The van der Waals surface area contributed by atoms with Crippen LogP contribution in [0.25, 0.3) is 10.9 Å². The van der Waals surface area contributed by atoms with Gasteiger partial charge >= 0.3 is 6.18 Å². The lowest BCUT2D eigenvalue weighted by molar-refractivity contribution is -0.137. The number of aromatic nitrogens is 1. The third kappa shape index (κ3) is 6.28. The van der Waals surface area contributed by atoms with E-state index in [1.54, 1.807) is 23.1 Å². The molecule has 0 radical (unpaired) electrons. The highest BCUT2D eigenvalue weighted by Gasteiger charge is 2.32. The van der Waals surface area contributed by atoms with Gasteiger partial charge in [0.05, 0.1) is 5.56 Å². The van der Waals surface area contributed by atoms with E-state index in [0.29, 0.717) is 38.4 Å². The monoisotopic (exact) mass is 585 g/mol. The predicted octanol–water partition coefficient (Wildman–Crippen LogP) is 7.72. The summed E-state index contributed by atoms with van der Waals surface area (Å²) in [7, 11) is 0. The Balaban J connectivity index is 1.25.